The van der Waals surface area contributed by atoms with Gasteiger partial charge in [0.05, 0.1) is 10.9 Å². The van der Waals surface area contributed by atoms with Crippen LogP contribution in [0.4, 0.5) is 5.69 Å². The van der Waals surface area contributed by atoms with Gasteiger partial charge in [-0.1, -0.05) is 11.6 Å². The van der Waals surface area contributed by atoms with Crippen LogP contribution < -0.4 is 5.32 Å². The highest BCUT2D eigenvalue weighted by Gasteiger charge is 2.55. The van der Waals surface area contributed by atoms with Crippen LogP contribution in [0.3, 0.4) is 0 Å². The maximum absolute atomic E-state index is 13.0. The topological polar surface area (TPSA) is 54.9 Å². The fourth-order valence-corrected chi connectivity index (χ4v) is 5.19. The summed E-state index contributed by atoms with van der Waals surface area (Å²) < 4.78 is 0. The molecule has 4 nitrogen and oxygen atoms in total. The number of nitrogens with one attached hydrogen (secondary N) is 1. The number of anilines is 1. The minimum Gasteiger partial charge on any atom is -0.326 e. The molecule has 0 radical (unpaired) electrons. The quantitative estimate of drug-likeness (QED) is 0.581. The Morgan fingerprint density at radius 1 is 1.00 bits per heavy atom. The number of aromatic nitrogens is 2. The van der Waals surface area contributed by atoms with Crippen LogP contribution in [0.15, 0.2) is 55.0 Å². The minimum atomic E-state index is -0.174. The van der Waals surface area contributed by atoms with Crippen molar-refractivity contribution in [2.24, 2.45) is 11.3 Å². The molecule has 3 aromatic rings. The number of carbonyl (C=O) groups excluding carboxylic acids is 1. The normalized spacial score (nSPS) is 22.9. The highest BCUT2D eigenvalue weighted by molar-refractivity contribution is 6.30. The Hall–Kier alpha value is -2.46. The number of benzene rings is 1. The standard InChI is InChI=1S/C24H24ClN3O/c25-18-5-7-19(8-6-18)28-23(29)24(11-12-24)17-3-1-16(2-4-17)20-9-14-27-22-10-13-26-15-21(20)22/h5-10,13-17H,1-4,11-12H2,(H,28,29)/t16-,17-. The van der Waals surface area contributed by atoms with Crippen molar-refractivity contribution in [2.45, 2.75) is 44.4 Å². The van der Waals surface area contributed by atoms with Crippen LogP contribution in [0.5, 0.6) is 0 Å². The van der Waals surface area contributed by atoms with E-state index in [9.17, 15) is 4.79 Å². The molecule has 1 aromatic carbocycles. The van der Waals surface area contributed by atoms with Crippen molar-refractivity contribution in [3.8, 4) is 0 Å². The van der Waals surface area contributed by atoms with Gasteiger partial charge in [-0.3, -0.25) is 14.8 Å². The van der Waals surface area contributed by atoms with Crippen molar-refractivity contribution in [2.75, 3.05) is 5.32 Å². The summed E-state index contributed by atoms with van der Waals surface area (Å²) in [7, 11) is 0. The SMILES string of the molecule is O=C(Nc1ccc(Cl)cc1)C1([C@H]2CC[C@H](c3ccnc4ccncc43)CC2)CC1. The van der Waals surface area contributed by atoms with Gasteiger partial charge in [0.2, 0.25) is 5.91 Å². The van der Waals surface area contributed by atoms with E-state index >= 15 is 0 Å². The molecule has 0 spiro atoms. The molecule has 0 saturated heterocycles. The van der Waals surface area contributed by atoms with Gasteiger partial charge >= 0.3 is 0 Å². The summed E-state index contributed by atoms with van der Waals surface area (Å²) in [4.78, 5) is 21.8. The Bertz CT molecular complexity index is 1030. The molecule has 1 N–H and O–H groups in total. The zero-order valence-electron chi connectivity index (χ0n) is 16.3. The van der Waals surface area contributed by atoms with Gasteiger partial charge < -0.3 is 5.32 Å². The van der Waals surface area contributed by atoms with Crippen LogP contribution in [-0.4, -0.2) is 15.9 Å². The molecule has 2 heterocycles. The smallest absolute Gasteiger partial charge is 0.230 e. The molecule has 2 saturated carbocycles. The number of rotatable bonds is 4. The van der Waals surface area contributed by atoms with Gasteiger partial charge in [0, 0.05) is 34.7 Å². The first kappa shape index (κ1) is 18.6. The van der Waals surface area contributed by atoms with Crippen molar-refractivity contribution in [3.05, 3.63) is 65.6 Å². The van der Waals surface area contributed by atoms with Crippen molar-refractivity contribution in [1.82, 2.24) is 9.97 Å². The first-order valence-electron chi connectivity index (χ1n) is 10.4. The third-order valence-electron chi connectivity index (χ3n) is 6.87. The molecule has 2 aromatic heterocycles. The molecule has 148 valence electrons. The van der Waals surface area contributed by atoms with Gasteiger partial charge in [-0.15, -0.1) is 0 Å². The second-order valence-corrected chi connectivity index (χ2v) is 8.90. The largest absolute Gasteiger partial charge is 0.326 e. The molecule has 5 rings (SSSR count). The van der Waals surface area contributed by atoms with Gasteiger partial charge in [0.15, 0.2) is 0 Å². The Morgan fingerprint density at radius 3 is 2.48 bits per heavy atom. The number of halogens is 1. The molecule has 29 heavy (non-hydrogen) atoms. The molecular formula is C24H24ClN3O. The maximum Gasteiger partial charge on any atom is 0.230 e. The van der Waals surface area contributed by atoms with Crippen LogP contribution >= 0.6 is 11.6 Å². The van der Waals surface area contributed by atoms with E-state index in [2.05, 4.69) is 21.4 Å². The molecule has 2 aliphatic rings. The van der Waals surface area contributed by atoms with E-state index in [1.165, 1.54) is 10.9 Å². The lowest BCUT2D eigenvalue weighted by molar-refractivity contribution is -0.123. The molecule has 0 unspecified atom stereocenters. The first-order valence-corrected chi connectivity index (χ1v) is 10.8. The van der Waals surface area contributed by atoms with Gasteiger partial charge in [-0.2, -0.15) is 0 Å². The predicted molar refractivity (Wildman–Crippen MR) is 116 cm³/mol. The first-order chi connectivity index (χ1) is 14.2. The minimum absolute atomic E-state index is 0.174. The average molecular weight is 406 g/mol. The summed E-state index contributed by atoms with van der Waals surface area (Å²) in [5.41, 5.74) is 3.03. The Balaban J connectivity index is 1.27. The molecule has 5 heteroatoms. The summed E-state index contributed by atoms with van der Waals surface area (Å²) in [5, 5.41) is 4.97. The van der Waals surface area contributed by atoms with Crippen LogP contribution in [0.2, 0.25) is 5.02 Å². The Morgan fingerprint density at radius 2 is 1.76 bits per heavy atom. The van der Waals surface area contributed by atoms with Crippen LogP contribution in [-0.2, 0) is 4.79 Å². The number of hydrogen-bond acceptors (Lipinski definition) is 3. The molecule has 1 amide bonds. The second-order valence-electron chi connectivity index (χ2n) is 8.46. The Labute approximate surface area is 175 Å². The molecule has 2 aliphatic carbocycles. The van der Waals surface area contributed by atoms with Crippen LogP contribution in [0, 0.1) is 11.3 Å². The third kappa shape index (κ3) is 3.51. The summed E-state index contributed by atoms with van der Waals surface area (Å²) in [5.74, 6) is 1.18. The highest BCUT2D eigenvalue weighted by Crippen LogP contribution is 2.58. The average Bonchev–Trinajstić information content (AvgIpc) is 3.57. The number of hydrogen-bond donors (Lipinski definition) is 1. The monoisotopic (exact) mass is 405 g/mol. The van der Waals surface area contributed by atoms with E-state index in [0.29, 0.717) is 16.9 Å². The van der Waals surface area contributed by atoms with Crippen molar-refractivity contribution < 1.29 is 4.79 Å². The third-order valence-corrected chi connectivity index (χ3v) is 7.12. The Kier molecular flexibility index (Phi) is 4.75. The van der Waals surface area contributed by atoms with E-state index < -0.39 is 0 Å². The zero-order chi connectivity index (χ0) is 19.8. The van der Waals surface area contributed by atoms with Gasteiger partial charge in [0.1, 0.15) is 0 Å². The molecule has 2 fully saturated rings. The maximum atomic E-state index is 13.0. The van der Waals surface area contributed by atoms with E-state index in [0.717, 1.165) is 49.7 Å². The van der Waals surface area contributed by atoms with Crippen molar-refractivity contribution in [1.29, 1.82) is 0 Å². The van der Waals surface area contributed by atoms with Gasteiger partial charge in [-0.05, 0) is 92.3 Å². The predicted octanol–water partition coefficient (Wildman–Crippen LogP) is 5.98. The number of amides is 1. The number of pyridine rings is 2. The number of nitrogens with zero attached hydrogens (tertiary/aromatic N) is 2. The van der Waals surface area contributed by atoms with E-state index in [1.54, 1.807) is 6.20 Å². The fourth-order valence-electron chi connectivity index (χ4n) is 5.07. The van der Waals surface area contributed by atoms with Gasteiger partial charge in [-0.25, -0.2) is 0 Å². The van der Waals surface area contributed by atoms with Crippen molar-refractivity contribution >= 4 is 34.1 Å². The summed E-state index contributed by atoms with van der Waals surface area (Å²) in [6.45, 7) is 0. The van der Waals surface area contributed by atoms with E-state index in [-0.39, 0.29) is 11.3 Å². The molecule has 0 bridgehead atoms. The summed E-state index contributed by atoms with van der Waals surface area (Å²) in [6.07, 6.45) is 12.1. The lowest BCUT2D eigenvalue weighted by atomic mass is 9.71. The molecular weight excluding hydrogens is 382 g/mol. The highest BCUT2D eigenvalue weighted by atomic mass is 35.5. The van der Waals surface area contributed by atoms with Crippen molar-refractivity contribution in [3.63, 3.8) is 0 Å². The lowest BCUT2D eigenvalue weighted by Gasteiger charge is -2.34. The zero-order valence-corrected chi connectivity index (χ0v) is 17.0. The van der Waals surface area contributed by atoms with Crippen LogP contribution in [0.25, 0.3) is 10.9 Å². The fraction of sp³-hybridized carbons (Fsp3) is 0.375. The summed E-state index contributed by atoms with van der Waals surface area (Å²) in [6, 6.07) is 11.5. The lowest BCUT2D eigenvalue weighted by Crippen LogP contribution is -2.33. The molecule has 0 aliphatic heterocycles. The molecule has 0 atom stereocenters. The number of fused-ring (bicyclic) bond motifs is 1. The van der Waals surface area contributed by atoms with Crippen LogP contribution in [0.1, 0.15) is 50.0 Å². The summed E-state index contributed by atoms with van der Waals surface area (Å²) >= 11 is 5.95. The second kappa shape index (κ2) is 7.42. The number of carbonyl (C=O) groups is 1. The van der Waals surface area contributed by atoms with Gasteiger partial charge in [0.25, 0.3) is 0 Å². The van der Waals surface area contributed by atoms with E-state index in [1.807, 2.05) is 42.7 Å². The van der Waals surface area contributed by atoms with E-state index in [4.69, 9.17) is 11.6 Å².